The van der Waals surface area contributed by atoms with Gasteiger partial charge in [-0.15, -0.1) is 0 Å². The molecule has 1 unspecified atom stereocenters. The molecule has 23 heavy (non-hydrogen) atoms. The monoisotopic (exact) mass is 314 g/mol. The van der Waals surface area contributed by atoms with Gasteiger partial charge in [-0.3, -0.25) is 4.57 Å². The molecule has 0 radical (unpaired) electrons. The van der Waals surface area contributed by atoms with Crippen LogP contribution in [0.4, 0.5) is 15.9 Å². The maximum atomic E-state index is 13.8. The molecule has 1 fully saturated rings. The Labute approximate surface area is 131 Å². The van der Waals surface area contributed by atoms with Gasteiger partial charge in [0, 0.05) is 18.7 Å². The molecule has 0 bridgehead atoms. The van der Waals surface area contributed by atoms with Gasteiger partial charge in [0.05, 0.1) is 12.9 Å². The van der Waals surface area contributed by atoms with Crippen molar-refractivity contribution in [3.8, 4) is 0 Å². The van der Waals surface area contributed by atoms with E-state index in [2.05, 4.69) is 20.3 Å². The summed E-state index contributed by atoms with van der Waals surface area (Å²) in [6.45, 7) is 1.11. The standard InChI is InChI=1S/C15H15FN6O/c16-15-20-13(18-7-9-3-1-2-4-10(9)17)12-14(21-15)22(8-19-12)11-5-6-23-11/h1-4,8,11H,5-7,17H2,(H,18,20,21). The third-order valence-electron chi connectivity index (χ3n) is 3.88. The van der Waals surface area contributed by atoms with Crippen molar-refractivity contribution in [1.82, 2.24) is 19.5 Å². The maximum Gasteiger partial charge on any atom is 0.312 e. The third kappa shape index (κ3) is 2.46. The fourth-order valence-corrected chi connectivity index (χ4v) is 2.54. The molecule has 4 rings (SSSR count). The Morgan fingerprint density at radius 3 is 2.91 bits per heavy atom. The normalized spacial score (nSPS) is 17.2. The Morgan fingerprint density at radius 1 is 1.35 bits per heavy atom. The summed E-state index contributed by atoms with van der Waals surface area (Å²) in [5.74, 6) is 0.342. The predicted octanol–water partition coefficient (Wildman–Crippen LogP) is 2.08. The van der Waals surface area contributed by atoms with E-state index in [4.69, 9.17) is 10.5 Å². The number of para-hydroxylation sites is 1. The fourth-order valence-electron chi connectivity index (χ4n) is 2.54. The first kappa shape index (κ1) is 13.9. The van der Waals surface area contributed by atoms with Crippen molar-refractivity contribution in [3.63, 3.8) is 0 Å². The highest BCUT2D eigenvalue weighted by molar-refractivity contribution is 5.82. The van der Waals surface area contributed by atoms with Crippen LogP contribution in [-0.4, -0.2) is 26.1 Å². The molecular formula is C15H15FN6O. The van der Waals surface area contributed by atoms with Gasteiger partial charge in [-0.1, -0.05) is 18.2 Å². The minimum absolute atomic E-state index is 0.132. The van der Waals surface area contributed by atoms with Gasteiger partial charge in [0.2, 0.25) is 0 Å². The van der Waals surface area contributed by atoms with E-state index < -0.39 is 6.08 Å². The van der Waals surface area contributed by atoms with Crippen LogP contribution in [0, 0.1) is 6.08 Å². The lowest BCUT2D eigenvalue weighted by Gasteiger charge is -2.27. The quantitative estimate of drug-likeness (QED) is 0.566. The highest BCUT2D eigenvalue weighted by atomic mass is 19.1. The van der Waals surface area contributed by atoms with Crippen LogP contribution in [-0.2, 0) is 11.3 Å². The van der Waals surface area contributed by atoms with Crippen LogP contribution >= 0.6 is 0 Å². The Kier molecular flexibility index (Phi) is 3.30. The lowest BCUT2D eigenvalue weighted by Crippen LogP contribution is -2.24. The second-order valence-corrected chi connectivity index (χ2v) is 5.33. The number of ether oxygens (including phenoxy) is 1. The summed E-state index contributed by atoms with van der Waals surface area (Å²) in [7, 11) is 0. The van der Waals surface area contributed by atoms with Crippen LogP contribution < -0.4 is 11.1 Å². The summed E-state index contributed by atoms with van der Waals surface area (Å²) in [6.07, 6.45) is 1.53. The number of aromatic nitrogens is 4. The molecule has 0 aliphatic carbocycles. The molecule has 3 heterocycles. The Morgan fingerprint density at radius 2 is 2.17 bits per heavy atom. The number of hydrogen-bond acceptors (Lipinski definition) is 6. The Hall–Kier alpha value is -2.74. The van der Waals surface area contributed by atoms with Crippen LogP contribution in [0.2, 0.25) is 0 Å². The first-order valence-corrected chi connectivity index (χ1v) is 7.31. The number of nitrogen functional groups attached to an aromatic ring is 1. The summed E-state index contributed by atoms with van der Waals surface area (Å²) >= 11 is 0. The molecule has 7 nitrogen and oxygen atoms in total. The molecule has 1 aromatic carbocycles. The van der Waals surface area contributed by atoms with E-state index in [9.17, 15) is 4.39 Å². The van der Waals surface area contributed by atoms with Gasteiger partial charge in [0.1, 0.15) is 6.23 Å². The Bertz CT molecular complexity index is 860. The molecule has 0 spiro atoms. The van der Waals surface area contributed by atoms with E-state index in [1.54, 1.807) is 10.9 Å². The van der Waals surface area contributed by atoms with Gasteiger partial charge in [-0.05, 0) is 11.6 Å². The fraction of sp³-hybridized carbons (Fsp3) is 0.267. The number of nitrogens with zero attached hydrogens (tertiary/aromatic N) is 4. The van der Waals surface area contributed by atoms with Gasteiger partial charge < -0.3 is 15.8 Å². The molecule has 2 aromatic heterocycles. The van der Waals surface area contributed by atoms with Crippen molar-refractivity contribution in [2.45, 2.75) is 19.2 Å². The highest BCUT2D eigenvalue weighted by Crippen LogP contribution is 2.28. The van der Waals surface area contributed by atoms with E-state index in [1.807, 2.05) is 24.3 Å². The highest BCUT2D eigenvalue weighted by Gasteiger charge is 2.24. The van der Waals surface area contributed by atoms with E-state index >= 15 is 0 Å². The molecule has 1 aliphatic rings. The first-order chi connectivity index (χ1) is 11.2. The predicted molar refractivity (Wildman–Crippen MR) is 83.1 cm³/mol. The summed E-state index contributed by atoms with van der Waals surface area (Å²) in [5, 5.41) is 3.09. The number of nitrogens with two attached hydrogens (primary N) is 1. The van der Waals surface area contributed by atoms with E-state index in [0.29, 0.717) is 35.8 Å². The summed E-state index contributed by atoms with van der Waals surface area (Å²) < 4.78 is 20.9. The van der Waals surface area contributed by atoms with Gasteiger partial charge in [-0.25, -0.2) is 4.98 Å². The summed E-state index contributed by atoms with van der Waals surface area (Å²) in [4.78, 5) is 12.0. The lowest BCUT2D eigenvalue weighted by molar-refractivity contribution is -0.0974. The van der Waals surface area contributed by atoms with Gasteiger partial charge in [0.25, 0.3) is 0 Å². The Balaban J connectivity index is 1.67. The zero-order chi connectivity index (χ0) is 15.8. The molecule has 0 saturated carbocycles. The van der Waals surface area contributed by atoms with Crippen LogP contribution in [0.25, 0.3) is 11.2 Å². The number of hydrogen-bond donors (Lipinski definition) is 2. The number of fused-ring (bicyclic) bond motifs is 1. The van der Waals surface area contributed by atoms with Crippen molar-refractivity contribution in [3.05, 3.63) is 42.2 Å². The second-order valence-electron chi connectivity index (χ2n) is 5.33. The maximum absolute atomic E-state index is 13.8. The van der Waals surface area contributed by atoms with Crippen LogP contribution in [0.5, 0.6) is 0 Å². The van der Waals surface area contributed by atoms with Gasteiger partial charge in [-0.2, -0.15) is 14.4 Å². The van der Waals surface area contributed by atoms with E-state index in [0.717, 1.165) is 12.0 Å². The molecule has 3 N–H and O–H groups in total. The van der Waals surface area contributed by atoms with Crippen LogP contribution in [0.3, 0.4) is 0 Å². The molecule has 1 atom stereocenters. The zero-order valence-corrected chi connectivity index (χ0v) is 12.2. The minimum atomic E-state index is -0.804. The van der Waals surface area contributed by atoms with Crippen molar-refractivity contribution < 1.29 is 9.13 Å². The third-order valence-corrected chi connectivity index (χ3v) is 3.88. The summed E-state index contributed by atoms with van der Waals surface area (Å²) in [5.41, 5.74) is 8.42. The van der Waals surface area contributed by atoms with E-state index in [-0.39, 0.29) is 6.23 Å². The number of imidazole rings is 1. The van der Waals surface area contributed by atoms with Crippen molar-refractivity contribution in [1.29, 1.82) is 0 Å². The molecule has 1 aliphatic heterocycles. The number of benzene rings is 1. The van der Waals surface area contributed by atoms with Crippen molar-refractivity contribution in [2.24, 2.45) is 0 Å². The largest absolute Gasteiger partial charge is 0.398 e. The molecule has 8 heteroatoms. The summed E-state index contributed by atoms with van der Waals surface area (Å²) in [6, 6.07) is 7.47. The number of nitrogens with one attached hydrogen (secondary N) is 1. The zero-order valence-electron chi connectivity index (χ0n) is 12.2. The smallest absolute Gasteiger partial charge is 0.312 e. The minimum Gasteiger partial charge on any atom is -0.398 e. The van der Waals surface area contributed by atoms with E-state index in [1.165, 1.54) is 0 Å². The number of rotatable bonds is 4. The second kappa shape index (κ2) is 5.47. The molecular weight excluding hydrogens is 299 g/mol. The first-order valence-electron chi connectivity index (χ1n) is 7.31. The average Bonchev–Trinajstić information content (AvgIpc) is 2.88. The van der Waals surface area contributed by atoms with Crippen molar-refractivity contribution >= 4 is 22.7 Å². The number of halogens is 1. The van der Waals surface area contributed by atoms with Crippen LogP contribution in [0.1, 0.15) is 18.2 Å². The topological polar surface area (TPSA) is 90.9 Å². The molecule has 1 saturated heterocycles. The van der Waals surface area contributed by atoms with Gasteiger partial charge in [0.15, 0.2) is 17.0 Å². The number of anilines is 2. The average molecular weight is 314 g/mol. The van der Waals surface area contributed by atoms with Gasteiger partial charge >= 0.3 is 6.08 Å². The van der Waals surface area contributed by atoms with Crippen molar-refractivity contribution in [2.75, 3.05) is 17.7 Å². The SMILES string of the molecule is Nc1ccccc1CNc1nc(F)nc2c1ncn2C1CCO1. The lowest BCUT2D eigenvalue weighted by atomic mass is 10.2. The van der Waals surface area contributed by atoms with Crippen LogP contribution in [0.15, 0.2) is 30.6 Å². The molecule has 118 valence electrons. The molecule has 3 aromatic rings. The molecule has 0 amide bonds.